The van der Waals surface area contributed by atoms with Gasteiger partial charge >= 0.3 is 12.1 Å². The Hall–Kier alpha value is -0.630. The number of carbonyl (C=O) groups is 1. The van der Waals surface area contributed by atoms with Crippen LogP contribution in [-0.4, -0.2) is 33.2 Å². The lowest BCUT2D eigenvalue weighted by Crippen LogP contribution is -2.53. The standard InChI is InChI=1S/C22H42F3NO3S/c1-7-8-9-10-11-12-13-14-15-16-18(20(27)29-17(2)3)19(22(23,24)25)26-30(28)21(4,5)6/h17-19,26H,7-16H2,1-6H3/t18-,19-,30-/m0/s1. The molecule has 0 bridgehead atoms. The van der Waals surface area contributed by atoms with Crippen LogP contribution >= 0.6 is 0 Å². The number of hydrogen-bond acceptors (Lipinski definition) is 3. The first kappa shape index (κ1) is 29.4. The number of carbonyl (C=O) groups excluding carboxylic acids is 1. The van der Waals surface area contributed by atoms with Crippen LogP contribution in [-0.2, 0) is 20.5 Å². The predicted molar refractivity (Wildman–Crippen MR) is 117 cm³/mol. The van der Waals surface area contributed by atoms with E-state index in [1.54, 1.807) is 34.6 Å². The van der Waals surface area contributed by atoms with E-state index in [0.717, 1.165) is 25.7 Å². The molecule has 180 valence electrons. The van der Waals surface area contributed by atoms with Crippen LogP contribution in [0.15, 0.2) is 0 Å². The smallest absolute Gasteiger partial charge is 0.405 e. The van der Waals surface area contributed by atoms with Crippen LogP contribution in [0.1, 0.15) is 106 Å². The van der Waals surface area contributed by atoms with Crippen LogP contribution in [0.25, 0.3) is 0 Å². The highest BCUT2D eigenvalue weighted by Gasteiger charge is 2.49. The first-order chi connectivity index (χ1) is 13.8. The topological polar surface area (TPSA) is 55.4 Å². The first-order valence-corrected chi connectivity index (χ1v) is 12.4. The molecular formula is C22H42F3NO3S. The van der Waals surface area contributed by atoms with E-state index in [4.69, 9.17) is 4.74 Å². The van der Waals surface area contributed by atoms with Gasteiger partial charge in [-0.3, -0.25) is 4.79 Å². The zero-order valence-corrected chi connectivity index (χ0v) is 20.4. The third-order valence-electron chi connectivity index (χ3n) is 4.82. The highest BCUT2D eigenvalue weighted by molar-refractivity contribution is 7.84. The van der Waals surface area contributed by atoms with Crippen LogP contribution < -0.4 is 4.72 Å². The second kappa shape index (κ2) is 14.4. The van der Waals surface area contributed by atoms with Gasteiger partial charge in [0.2, 0.25) is 0 Å². The van der Waals surface area contributed by atoms with Gasteiger partial charge in [-0.1, -0.05) is 64.7 Å². The molecule has 30 heavy (non-hydrogen) atoms. The molecule has 0 unspecified atom stereocenters. The zero-order chi connectivity index (χ0) is 23.4. The van der Waals surface area contributed by atoms with Gasteiger partial charge in [0.1, 0.15) is 6.04 Å². The minimum Gasteiger partial charge on any atom is -0.463 e. The molecule has 0 fully saturated rings. The van der Waals surface area contributed by atoms with Gasteiger partial charge in [0, 0.05) is 0 Å². The summed E-state index contributed by atoms with van der Waals surface area (Å²) >= 11 is 0. The van der Waals surface area contributed by atoms with Crippen LogP contribution in [0.5, 0.6) is 0 Å². The Labute approximate surface area is 183 Å². The summed E-state index contributed by atoms with van der Waals surface area (Å²) in [5.41, 5.74) is 0. The monoisotopic (exact) mass is 457 g/mol. The fraction of sp³-hybridized carbons (Fsp3) is 0.955. The van der Waals surface area contributed by atoms with Crippen LogP contribution in [0, 0.1) is 5.92 Å². The van der Waals surface area contributed by atoms with Crippen LogP contribution in [0.2, 0.25) is 0 Å². The Kier molecular flexibility index (Phi) is 14.1. The summed E-state index contributed by atoms with van der Waals surface area (Å²) in [4.78, 5) is 12.5. The molecule has 0 aliphatic rings. The third kappa shape index (κ3) is 12.9. The summed E-state index contributed by atoms with van der Waals surface area (Å²) < 4.78 is 60.1. The second-order valence-corrected chi connectivity index (χ2v) is 11.2. The average molecular weight is 458 g/mol. The minimum absolute atomic E-state index is 0.0555. The largest absolute Gasteiger partial charge is 0.463 e. The molecule has 1 N–H and O–H groups in total. The SMILES string of the molecule is CCCCCCCCCCC[C@H](C(=O)OC(C)C)[C@H](N[S@@](=O)C(C)(C)C)C(F)(F)F. The Bertz CT molecular complexity index is 505. The number of hydrogen-bond donors (Lipinski definition) is 1. The Balaban J connectivity index is 4.98. The first-order valence-electron chi connectivity index (χ1n) is 11.3. The van der Waals surface area contributed by atoms with Gasteiger partial charge in [0.15, 0.2) is 0 Å². The van der Waals surface area contributed by atoms with Crippen molar-refractivity contribution in [3.8, 4) is 0 Å². The molecule has 0 aromatic carbocycles. The molecule has 0 saturated carbocycles. The van der Waals surface area contributed by atoms with Gasteiger partial charge in [0.25, 0.3) is 0 Å². The maximum atomic E-state index is 13.8. The molecule has 0 aliphatic heterocycles. The highest BCUT2D eigenvalue weighted by Crippen LogP contribution is 2.31. The van der Waals surface area contributed by atoms with Crippen molar-refractivity contribution in [2.24, 2.45) is 5.92 Å². The molecule has 0 aromatic rings. The van der Waals surface area contributed by atoms with Gasteiger partial charge < -0.3 is 4.74 Å². The molecule has 8 heteroatoms. The minimum atomic E-state index is -4.71. The number of ether oxygens (including phenoxy) is 1. The second-order valence-electron chi connectivity index (χ2n) is 9.23. The van der Waals surface area contributed by atoms with Crippen molar-refractivity contribution in [3.63, 3.8) is 0 Å². The fourth-order valence-electron chi connectivity index (χ4n) is 3.08. The number of esters is 1. The summed E-state index contributed by atoms with van der Waals surface area (Å²) in [6.45, 7) is 10.1. The number of halogens is 3. The summed E-state index contributed by atoms with van der Waals surface area (Å²) in [6, 6.07) is -2.20. The molecule has 0 rings (SSSR count). The van der Waals surface area contributed by atoms with E-state index in [1.807, 2.05) is 0 Å². The highest BCUT2D eigenvalue weighted by atomic mass is 32.2. The van der Waals surface area contributed by atoms with Gasteiger partial charge in [-0.2, -0.15) is 13.2 Å². The van der Waals surface area contributed by atoms with E-state index < -0.39 is 45.9 Å². The molecule has 0 spiro atoms. The van der Waals surface area contributed by atoms with Crippen LogP contribution in [0.4, 0.5) is 13.2 Å². The van der Waals surface area contributed by atoms with E-state index in [-0.39, 0.29) is 6.42 Å². The molecule has 0 saturated heterocycles. The lowest BCUT2D eigenvalue weighted by atomic mass is 9.93. The van der Waals surface area contributed by atoms with Gasteiger partial charge in [-0.05, 0) is 41.0 Å². The fourth-order valence-corrected chi connectivity index (χ4v) is 3.97. The molecule has 0 heterocycles. The van der Waals surface area contributed by atoms with Crippen molar-refractivity contribution in [1.82, 2.24) is 4.72 Å². The molecule has 0 aromatic heterocycles. The Morgan fingerprint density at radius 3 is 1.80 bits per heavy atom. The molecule has 0 aliphatic carbocycles. The van der Waals surface area contributed by atoms with Crippen molar-refractivity contribution in [1.29, 1.82) is 0 Å². The average Bonchev–Trinajstić information content (AvgIpc) is 2.59. The number of nitrogens with one attached hydrogen (secondary N) is 1. The Morgan fingerprint density at radius 2 is 1.40 bits per heavy atom. The predicted octanol–water partition coefficient (Wildman–Crippen LogP) is 6.46. The van der Waals surface area contributed by atoms with Gasteiger partial charge in [0.05, 0.1) is 27.8 Å². The van der Waals surface area contributed by atoms with Crippen LogP contribution in [0.3, 0.4) is 0 Å². The molecule has 3 atom stereocenters. The lowest BCUT2D eigenvalue weighted by molar-refractivity contribution is -0.181. The Morgan fingerprint density at radius 1 is 0.933 bits per heavy atom. The van der Waals surface area contributed by atoms with Crippen molar-refractivity contribution < 1.29 is 26.9 Å². The molecule has 0 radical (unpaired) electrons. The van der Waals surface area contributed by atoms with Gasteiger partial charge in [-0.25, -0.2) is 8.93 Å². The number of unbranched alkanes of at least 4 members (excludes halogenated alkanes) is 8. The number of rotatable bonds is 15. The summed E-state index contributed by atoms with van der Waals surface area (Å²) in [5.74, 6) is -2.30. The van der Waals surface area contributed by atoms with Crippen molar-refractivity contribution >= 4 is 17.0 Å². The van der Waals surface area contributed by atoms with E-state index in [9.17, 15) is 22.2 Å². The lowest BCUT2D eigenvalue weighted by Gasteiger charge is -2.31. The summed E-state index contributed by atoms with van der Waals surface area (Å²) in [5, 5.41) is 0. The number of alkyl halides is 3. The summed E-state index contributed by atoms with van der Waals surface area (Å²) in [6.07, 6.45) is 4.09. The normalized spacial score (nSPS) is 15.8. The molecule has 4 nitrogen and oxygen atoms in total. The maximum absolute atomic E-state index is 13.8. The quantitative estimate of drug-likeness (QED) is 0.227. The summed E-state index contributed by atoms with van der Waals surface area (Å²) in [7, 11) is -1.96. The van der Waals surface area contributed by atoms with E-state index in [2.05, 4.69) is 11.6 Å². The third-order valence-corrected chi connectivity index (χ3v) is 6.40. The van der Waals surface area contributed by atoms with Crippen molar-refractivity contribution in [2.45, 2.75) is 129 Å². The van der Waals surface area contributed by atoms with Crippen molar-refractivity contribution in [2.75, 3.05) is 0 Å². The van der Waals surface area contributed by atoms with Crippen molar-refractivity contribution in [3.05, 3.63) is 0 Å². The molecule has 0 amide bonds. The van der Waals surface area contributed by atoms with Gasteiger partial charge in [-0.15, -0.1) is 0 Å². The maximum Gasteiger partial charge on any atom is 0.405 e. The van der Waals surface area contributed by atoms with E-state index in [0.29, 0.717) is 6.42 Å². The molecular weight excluding hydrogens is 415 g/mol. The van der Waals surface area contributed by atoms with E-state index in [1.165, 1.54) is 25.7 Å². The zero-order valence-electron chi connectivity index (χ0n) is 19.6. The van der Waals surface area contributed by atoms with E-state index >= 15 is 0 Å².